The average Bonchev–Trinajstić information content (AvgIpc) is 2.49. The highest BCUT2D eigenvalue weighted by molar-refractivity contribution is 7.47. The van der Waals surface area contributed by atoms with E-state index in [2.05, 4.69) is 0 Å². The largest absolute Gasteiger partial charge is 0.455 e. The summed E-state index contributed by atoms with van der Waals surface area (Å²) in [7, 11) is -3.27. The molecule has 0 radical (unpaired) electrons. The summed E-state index contributed by atoms with van der Waals surface area (Å²) in [5, 5.41) is 11.5. The van der Waals surface area contributed by atoms with Crippen molar-refractivity contribution in [3.05, 3.63) is 56.1 Å². The van der Waals surface area contributed by atoms with E-state index < -0.39 is 18.6 Å². The number of nitrogens with zero attached hydrogens (tertiary/aromatic N) is 1. The van der Waals surface area contributed by atoms with E-state index in [0.717, 1.165) is 0 Å². The number of ether oxygens (including phenoxy) is 1. The molecule has 0 heterocycles. The maximum atomic E-state index is 11.4. The van der Waals surface area contributed by atoms with Gasteiger partial charge in [0.25, 0.3) is 5.69 Å². The Kier molecular flexibility index (Phi) is 5.65. The molecule has 2 aromatic rings. The van der Waals surface area contributed by atoms with E-state index in [4.69, 9.17) is 27.9 Å². The van der Waals surface area contributed by atoms with Crippen molar-refractivity contribution in [2.24, 2.45) is 0 Å². The van der Waals surface area contributed by atoms with E-state index in [1.165, 1.54) is 18.2 Å². The van der Waals surface area contributed by atoms with Gasteiger partial charge in [-0.2, -0.15) is 0 Å². The topological polar surface area (TPSA) is 89.7 Å². The Morgan fingerprint density at radius 1 is 1.26 bits per heavy atom. The molecule has 0 bridgehead atoms. The molecule has 0 aliphatic rings. The molecule has 2 aromatic carbocycles. The first-order chi connectivity index (χ1) is 10.8. The van der Waals surface area contributed by atoms with Crippen LogP contribution < -0.4 is 10.0 Å². The monoisotopic (exact) mass is 375 g/mol. The van der Waals surface area contributed by atoms with Gasteiger partial charge < -0.3 is 9.63 Å². The second kappa shape index (κ2) is 7.32. The number of nitro benzene ring substituents is 1. The third kappa shape index (κ3) is 4.03. The molecule has 1 N–H and O–H groups in total. The number of rotatable bonds is 5. The van der Waals surface area contributed by atoms with E-state index in [-0.39, 0.29) is 16.1 Å². The molecule has 23 heavy (non-hydrogen) atoms. The molecule has 0 aliphatic carbocycles. The van der Waals surface area contributed by atoms with Crippen LogP contribution in [0.2, 0.25) is 10.0 Å². The summed E-state index contributed by atoms with van der Waals surface area (Å²) in [4.78, 5) is 19.7. The second-order valence-electron chi connectivity index (χ2n) is 4.57. The first-order valence-electron chi connectivity index (χ1n) is 6.51. The Morgan fingerprint density at radius 3 is 2.48 bits per heavy atom. The lowest BCUT2D eigenvalue weighted by atomic mass is 10.1. The molecule has 2 rings (SSSR count). The van der Waals surface area contributed by atoms with Crippen molar-refractivity contribution in [2.75, 3.05) is 0 Å². The molecule has 122 valence electrons. The number of benzene rings is 2. The van der Waals surface area contributed by atoms with Crippen molar-refractivity contribution < 1.29 is 19.1 Å². The van der Waals surface area contributed by atoms with Gasteiger partial charge in [0.2, 0.25) is 8.03 Å². The molecule has 0 aromatic heterocycles. The number of aryl methyl sites for hydroxylation is 1. The minimum Gasteiger partial charge on any atom is -0.455 e. The first kappa shape index (κ1) is 17.8. The van der Waals surface area contributed by atoms with Crippen molar-refractivity contribution in [1.29, 1.82) is 0 Å². The quantitative estimate of drug-likeness (QED) is 0.476. The Morgan fingerprint density at radius 2 is 1.96 bits per heavy atom. The lowest BCUT2D eigenvalue weighted by Crippen LogP contribution is -2.08. The summed E-state index contributed by atoms with van der Waals surface area (Å²) in [5.41, 5.74) is 0.123. The van der Waals surface area contributed by atoms with Gasteiger partial charge in [0, 0.05) is 22.7 Å². The normalized spacial score (nSPS) is 12.0. The van der Waals surface area contributed by atoms with Crippen LogP contribution in [0.5, 0.6) is 11.5 Å². The molecule has 6 nitrogen and oxygen atoms in total. The van der Waals surface area contributed by atoms with Gasteiger partial charge in [-0.1, -0.05) is 30.1 Å². The fourth-order valence-electron chi connectivity index (χ4n) is 1.98. The average molecular weight is 376 g/mol. The maximum absolute atomic E-state index is 11.4. The van der Waals surface area contributed by atoms with Gasteiger partial charge in [0.1, 0.15) is 16.8 Å². The predicted molar refractivity (Wildman–Crippen MR) is 89.9 cm³/mol. The predicted octanol–water partition coefficient (Wildman–Crippen LogP) is 4.35. The lowest BCUT2D eigenvalue weighted by Gasteiger charge is -2.13. The van der Waals surface area contributed by atoms with Gasteiger partial charge in [0.05, 0.1) is 9.95 Å². The molecule has 0 fully saturated rings. The van der Waals surface area contributed by atoms with Gasteiger partial charge in [-0.25, -0.2) is 0 Å². The van der Waals surface area contributed by atoms with Crippen molar-refractivity contribution in [2.45, 2.75) is 13.3 Å². The Balaban J connectivity index is 2.55. The van der Waals surface area contributed by atoms with Crippen LogP contribution in [0.15, 0.2) is 30.3 Å². The standard InChI is InChI=1S/C14H12Cl2NO5P/c1-2-8-5-11(17(18)19)14(23(20)21)7-13(8)22-12-4-3-9(15)6-10(12)16/h3-7,23H,2H2,1H3,(H,20,21). The van der Waals surface area contributed by atoms with Crippen LogP contribution in [0.3, 0.4) is 0 Å². The Hall–Kier alpha value is -1.59. The summed E-state index contributed by atoms with van der Waals surface area (Å²) in [6, 6.07) is 7.07. The smallest absolute Gasteiger partial charge is 0.282 e. The summed E-state index contributed by atoms with van der Waals surface area (Å²) in [5.74, 6) is 0.535. The van der Waals surface area contributed by atoms with Crippen molar-refractivity contribution in [3.63, 3.8) is 0 Å². The Labute approximate surface area is 142 Å². The van der Waals surface area contributed by atoms with Crippen molar-refractivity contribution in [1.82, 2.24) is 0 Å². The van der Waals surface area contributed by atoms with Crippen molar-refractivity contribution >= 4 is 42.2 Å². The third-order valence-electron chi connectivity index (χ3n) is 3.10. The second-order valence-corrected chi connectivity index (χ2v) is 6.56. The SMILES string of the molecule is CCc1cc([N+](=O)[O-])c([PH](=O)O)cc1Oc1ccc(Cl)cc1Cl. The van der Waals surface area contributed by atoms with E-state index in [1.54, 1.807) is 19.1 Å². The van der Waals surface area contributed by atoms with Crippen LogP contribution in [0, 0.1) is 10.1 Å². The molecule has 0 amide bonds. The van der Waals surface area contributed by atoms with Crippen LogP contribution in [0.1, 0.15) is 12.5 Å². The van der Waals surface area contributed by atoms with Gasteiger partial charge >= 0.3 is 0 Å². The first-order valence-corrected chi connectivity index (χ1v) is 8.62. The number of halogens is 2. The lowest BCUT2D eigenvalue weighted by molar-refractivity contribution is -0.383. The summed E-state index contributed by atoms with van der Waals surface area (Å²) >= 11 is 11.9. The van der Waals surface area contributed by atoms with E-state index in [0.29, 0.717) is 22.8 Å². The molecule has 0 spiro atoms. The highest BCUT2D eigenvalue weighted by Crippen LogP contribution is 2.36. The molecule has 1 unspecified atom stereocenters. The van der Waals surface area contributed by atoms with E-state index in [9.17, 15) is 19.6 Å². The number of hydrogen-bond acceptors (Lipinski definition) is 4. The zero-order valence-corrected chi connectivity index (χ0v) is 14.4. The molecule has 0 saturated heterocycles. The van der Waals surface area contributed by atoms with Crippen LogP contribution >= 0.6 is 31.2 Å². The number of hydrogen-bond donors (Lipinski definition) is 1. The summed E-state index contributed by atoms with van der Waals surface area (Å²) < 4.78 is 17.1. The van der Waals surface area contributed by atoms with Gasteiger partial charge in [0.15, 0.2) is 0 Å². The molecule has 1 atom stereocenters. The zero-order chi connectivity index (χ0) is 17.1. The van der Waals surface area contributed by atoms with Gasteiger partial charge in [-0.05, 0) is 24.6 Å². The van der Waals surface area contributed by atoms with E-state index in [1.807, 2.05) is 0 Å². The summed E-state index contributed by atoms with van der Waals surface area (Å²) in [6.07, 6.45) is 0.439. The van der Waals surface area contributed by atoms with Crippen LogP contribution in [0.25, 0.3) is 0 Å². The number of nitro groups is 1. The maximum Gasteiger partial charge on any atom is 0.282 e. The highest BCUT2D eigenvalue weighted by Gasteiger charge is 2.22. The molecule has 0 aliphatic heterocycles. The zero-order valence-electron chi connectivity index (χ0n) is 11.9. The van der Waals surface area contributed by atoms with Crippen LogP contribution in [-0.4, -0.2) is 9.82 Å². The van der Waals surface area contributed by atoms with Crippen LogP contribution in [0.4, 0.5) is 5.69 Å². The van der Waals surface area contributed by atoms with Crippen LogP contribution in [-0.2, 0) is 11.0 Å². The molecular weight excluding hydrogens is 364 g/mol. The fraction of sp³-hybridized carbons (Fsp3) is 0.143. The molecular formula is C14H12Cl2NO5P. The molecule has 0 saturated carbocycles. The van der Waals surface area contributed by atoms with Gasteiger partial charge in [-0.3, -0.25) is 14.7 Å². The highest BCUT2D eigenvalue weighted by atomic mass is 35.5. The summed E-state index contributed by atoms with van der Waals surface area (Å²) in [6.45, 7) is 1.79. The van der Waals surface area contributed by atoms with E-state index >= 15 is 0 Å². The Bertz CT molecular complexity index is 797. The fourth-order valence-corrected chi connectivity index (χ4v) is 3.07. The molecule has 9 heteroatoms. The minimum absolute atomic E-state index is 0.240. The minimum atomic E-state index is -3.27. The van der Waals surface area contributed by atoms with Crippen molar-refractivity contribution in [3.8, 4) is 11.5 Å². The van der Waals surface area contributed by atoms with Gasteiger partial charge in [-0.15, -0.1) is 0 Å². The third-order valence-corrected chi connectivity index (χ3v) is 4.49.